The van der Waals surface area contributed by atoms with Crippen molar-refractivity contribution in [3.05, 3.63) is 29.3 Å². The molecule has 0 spiro atoms. The smallest absolute Gasteiger partial charge is 0.231 e. The van der Waals surface area contributed by atoms with Crippen LogP contribution in [-0.4, -0.2) is 48.8 Å². The number of thioether (sulfide) groups is 1. The Morgan fingerprint density at radius 3 is 3.17 bits per heavy atom. The van der Waals surface area contributed by atoms with Crippen LogP contribution in [-0.2, 0) is 16.0 Å². The molecular formula is C17H20N4O2S. The van der Waals surface area contributed by atoms with Gasteiger partial charge in [-0.2, -0.15) is 5.10 Å². The van der Waals surface area contributed by atoms with Gasteiger partial charge >= 0.3 is 0 Å². The first-order chi connectivity index (χ1) is 11.7. The molecule has 3 aliphatic rings. The highest BCUT2D eigenvalue weighted by Gasteiger charge is 2.25. The van der Waals surface area contributed by atoms with Gasteiger partial charge in [0.15, 0.2) is 5.17 Å². The lowest BCUT2D eigenvalue weighted by Gasteiger charge is -2.16. The molecule has 0 aromatic heterocycles. The summed E-state index contributed by atoms with van der Waals surface area (Å²) in [4.78, 5) is 18.1. The summed E-state index contributed by atoms with van der Waals surface area (Å²) in [5.74, 6) is 0.920. The molecule has 3 heterocycles. The molecule has 1 saturated heterocycles. The fourth-order valence-electron chi connectivity index (χ4n) is 3.17. The van der Waals surface area contributed by atoms with E-state index in [9.17, 15) is 4.79 Å². The van der Waals surface area contributed by atoms with E-state index < -0.39 is 0 Å². The van der Waals surface area contributed by atoms with Crippen LogP contribution in [0.2, 0.25) is 0 Å². The minimum atomic E-state index is 0.142. The summed E-state index contributed by atoms with van der Waals surface area (Å²) in [7, 11) is 1.82. The number of aliphatic imine (C=N–C) groups is 1. The van der Waals surface area contributed by atoms with Crippen molar-refractivity contribution in [2.24, 2.45) is 10.1 Å². The number of nitrogens with one attached hydrogen (secondary N) is 1. The maximum Gasteiger partial charge on any atom is 0.231 e. The van der Waals surface area contributed by atoms with Gasteiger partial charge in [0.05, 0.1) is 24.8 Å². The maximum atomic E-state index is 11.8. The van der Waals surface area contributed by atoms with Gasteiger partial charge in [-0.1, -0.05) is 17.8 Å². The van der Waals surface area contributed by atoms with E-state index in [-0.39, 0.29) is 12.0 Å². The quantitative estimate of drug-likeness (QED) is 0.908. The van der Waals surface area contributed by atoms with E-state index in [1.54, 1.807) is 16.7 Å². The Morgan fingerprint density at radius 2 is 2.42 bits per heavy atom. The number of hydrogen-bond acceptors (Lipinski definition) is 5. The topological polar surface area (TPSA) is 66.3 Å². The zero-order valence-electron chi connectivity index (χ0n) is 13.6. The highest BCUT2D eigenvalue weighted by molar-refractivity contribution is 8.14. The van der Waals surface area contributed by atoms with Crippen molar-refractivity contribution in [2.75, 3.05) is 30.9 Å². The third kappa shape index (κ3) is 3.06. The highest BCUT2D eigenvalue weighted by Crippen LogP contribution is 2.29. The normalized spacial score (nSPS) is 25.0. The minimum Gasteiger partial charge on any atom is -0.376 e. The van der Waals surface area contributed by atoms with Crippen molar-refractivity contribution in [2.45, 2.75) is 25.4 Å². The van der Waals surface area contributed by atoms with Crippen LogP contribution >= 0.6 is 11.8 Å². The third-order valence-electron chi connectivity index (χ3n) is 4.58. The van der Waals surface area contributed by atoms with E-state index in [2.05, 4.69) is 21.6 Å². The van der Waals surface area contributed by atoms with Crippen molar-refractivity contribution in [1.29, 1.82) is 0 Å². The molecule has 24 heavy (non-hydrogen) atoms. The molecule has 0 radical (unpaired) electrons. The number of fused-ring (bicyclic) bond motifs is 1. The molecule has 0 unspecified atom stereocenters. The van der Waals surface area contributed by atoms with Crippen LogP contribution in [0.15, 0.2) is 28.3 Å². The van der Waals surface area contributed by atoms with E-state index in [0.29, 0.717) is 13.0 Å². The summed E-state index contributed by atoms with van der Waals surface area (Å²) in [6.07, 6.45) is 2.96. The summed E-state index contributed by atoms with van der Waals surface area (Å²) < 4.78 is 5.58. The van der Waals surface area contributed by atoms with Crippen LogP contribution in [0.5, 0.6) is 0 Å². The molecule has 4 rings (SSSR count). The Morgan fingerprint density at radius 1 is 1.50 bits per heavy atom. The van der Waals surface area contributed by atoms with Crippen LogP contribution in [0.3, 0.4) is 0 Å². The van der Waals surface area contributed by atoms with E-state index >= 15 is 0 Å². The first kappa shape index (κ1) is 15.7. The fourth-order valence-corrected chi connectivity index (χ4v) is 3.95. The average Bonchev–Trinajstić information content (AvgIpc) is 3.22. The Hall–Kier alpha value is -1.86. The van der Waals surface area contributed by atoms with Crippen molar-refractivity contribution in [3.8, 4) is 0 Å². The molecule has 1 fully saturated rings. The molecule has 0 saturated carbocycles. The molecule has 0 aliphatic carbocycles. The van der Waals surface area contributed by atoms with Gasteiger partial charge in [-0.25, -0.2) is 0 Å². The second kappa shape index (κ2) is 6.57. The second-order valence-corrected chi connectivity index (χ2v) is 7.18. The zero-order valence-corrected chi connectivity index (χ0v) is 14.4. The van der Waals surface area contributed by atoms with Gasteiger partial charge in [-0.05, 0) is 36.1 Å². The summed E-state index contributed by atoms with van der Waals surface area (Å²) in [6, 6.07) is 6.11. The number of carbonyl (C=O) groups excluding carboxylic acids is 1. The molecule has 1 atom stereocenters. The number of amidine groups is 1. The molecule has 6 nitrogen and oxygen atoms in total. The fraction of sp³-hybridized carbons (Fsp3) is 0.471. The Kier molecular flexibility index (Phi) is 4.28. The second-order valence-electron chi connectivity index (χ2n) is 6.21. The maximum absolute atomic E-state index is 11.8. The summed E-state index contributed by atoms with van der Waals surface area (Å²) >= 11 is 1.66. The van der Waals surface area contributed by atoms with Crippen LogP contribution in [0, 0.1) is 0 Å². The first-order valence-corrected chi connectivity index (χ1v) is 9.20. The minimum absolute atomic E-state index is 0.142. The van der Waals surface area contributed by atoms with Crippen LogP contribution in [0.1, 0.15) is 24.0 Å². The lowest BCUT2D eigenvalue weighted by Crippen LogP contribution is -2.26. The number of hydrazone groups is 1. The molecule has 126 valence electrons. The average molecular weight is 344 g/mol. The SMILES string of the molecule is CN1C(=O)Cc2cc(C3=NNC(=NC[C@H]4CCCO4)SC3)ccc21. The van der Waals surface area contributed by atoms with Crippen LogP contribution in [0.25, 0.3) is 0 Å². The van der Waals surface area contributed by atoms with Gasteiger partial charge in [0.25, 0.3) is 0 Å². The lowest BCUT2D eigenvalue weighted by molar-refractivity contribution is -0.117. The number of rotatable bonds is 3. The Bertz CT molecular complexity index is 725. The molecule has 1 aromatic rings. The van der Waals surface area contributed by atoms with Crippen molar-refractivity contribution >= 4 is 34.2 Å². The number of likely N-dealkylation sites (N-methyl/N-ethyl adjacent to an activating group) is 1. The molecular weight excluding hydrogens is 324 g/mol. The predicted octanol–water partition coefficient (Wildman–Crippen LogP) is 1.78. The summed E-state index contributed by atoms with van der Waals surface area (Å²) in [6.45, 7) is 1.56. The van der Waals surface area contributed by atoms with Crippen molar-refractivity contribution in [3.63, 3.8) is 0 Å². The molecule has 3 aliphatic heterocycles. The summed E-state index contributed by atoms with van der Waals surface area (Å²) in [5.41, 5.74) is 7.17. The van der Waals surface area contributed by atoms with E-state index in [1.165, 1.54) is 0 Å². The van der Waals surface area contributed by atoms with E-state index in [1.807, 2.05) is 19.2 Å². The molecule has 1 N–H and O–H groups in total. The highest BCUT2D eigenvalue weighted by atomic mass is 32.2. The molecule has 7 heteroatoms. The van der Waals surface area contributed by atoms with Crippen molar-refractivity contribution in [1.82, 2.24) is 5.43 Å². The zero-order chi connectivity index (χ0) is 16.5. The number of hydrogen-bond donors (Lipinski definition) is 1. The molecule has 1 amide bonds. The predicted molar refractivity (Wildman–Crippen MR) is 97.0 cm³/mol. The van der Waals surface area contributed by atoms with Gasteiger partial charge in [-0.15, -0.1) is 0 Å². The lowest BCUT2D eigenvalue weighted by atomic mass is 10.1. The third-order valence-corrected chi connectivity index (χ3v) is 5.50. The first-order valence-electron chi connectivity index (χ1n) is 8.22. The Balaban J connectivity index is 1.44. The van der Waals surface area contributed by atoms with Crippen LogP contribution in [0.4, 0.5) is 5.69 Å². The number of ether oxygens (including phenoxy) is 1. The van der Waals surface area contributed by atoms with Crippen molar-refractivity contribution < 1.29 is 9.53 Å². The molecule has 1 aromatic carbocycles. The van der Waals surface area contributed by atoms with Gasteiger partial charge in [-0.3, -0.25) is 15.2 Å². The van der Waals surface area contributed by atoms with E-state index in [0.717, 1.165) is 52.9 Å². The van der Waals surface area contributed by atoms with Gasteiger partial charge in [0, 0.05) is 25.1 Å². The molecule has 0 bridgehead atoms. The number of carbonyl (C=O) groups is 1. The van der Waals surface area contributed by atoms with E-state index in [4.69, 9.17) is 4.74 Å². The Labute approximate surface area is 145 Å². The van der Waals surface area contributed by atoms with Crippen LogP contribution < -0.4 is 10.3 Å². The largest absolute Gasteiger partial charge is 0.376 e. The number of nitrogens with zero attached hydrogens (tertiary/aromatic N) is 3. The van der Waals surface area contributed by atoms with Gasteiger partial charge < -0.3 is 9.64 Å². The summed E-state index contributed by atoms with van der Waals surface area (Å²) in [5, 5.41) is 5.32. The van der Waals surface area contributed by atoms with Gasteiger partial charge in [0.2, 0.25) is 5.91 Å². The monoisotopic (exact) mass is 344 g/mol. The number of anilines is 1. The number of amides is 1. The number of benzene rings is 1. The standard InChI is InChI=1S/C17H20N4O2S/c1-21-15-5-4-11(7-12(15)8-16(21)22)14-10-24-17(20-19-14)18-9-13-3-2-6-23-13/h4-5,7,13H,2-3,6,8-10H2,1H3,(H,18,20)/t13-/m1/s1. The van der Waals surface area contributed by atoms with Gasteiger partial charge in [0.1, 0.15) is 0 Å².